The molecule has 0 saturated carbocycles. The van der Waals surface area contributed by atoms with E-state index in [1.54, 1.807) is 13.8 Å². The van der Waals surface area contributed by atoms with Gasteiger partial charge in [0, 0.05) is 11.1 Å². The van der Waals surface area contributed by atoms with Gasteiger partial charge in [-0.3, -0.25) is 9.59 Å². The van der Waals surface area contributed by atoms with E-state index in [0.29, 0.717) is 11.1 Å². The maximum Gasteiger partial charge on any atom is 0.244 e. The molecule has 0 aliphatic rings. The van der Waals surface area contributed by atoms with Crippen LogP contribution in [0.3, 0.4) is 0 Å². The predicted molar refractivity (Wildman–Crippen MR) is 73.6 cm³/mol. The minimum atomic E-state index is -0.354. The number of hydrogen-bond acceptors (Lipinski definition) is 2. The van der Waals surface area contributed by atoms with Crippen molar-refractivity contribution in [2.75, 3.05) is 0 Å². The Kier molecular flexibility index (Phi) is 7.01. The molecular formula is C14H24N2O2. The van der Waals surface area contributed by atoms with Gasteiger partial charge in [-0.1, -0.05) is 11.1 Å². The molecule has 0 atom stereocenters. The lowest BCUT2D eigenvalue weighted by Crippen LogP contribution is -2.13. The van der Waals surface area contributed by atoms with Crippen LogP contribution in [0.4, 0.5) is 0 Å². The summed E-state index contributed by atoms with van der Waals surface area (Å²) in [6.07, 6.45) is 3.66. The molecule has 0 bridgehead atoms. The van der Waals surface area contributed by atoms with Gasteiger partial charge in [0.15, 0.2) is 0 Å². The zero-order valence-electron chi connectivity index (χ0n) is 11.8. The third kappa shape index (κ3) is 5.66. The van der Waals surface area contributed by atoms with Crippen LogP contribution < -0.4 is 11.5 Å². The normalized spacial score (nSPS) is 13.8. The van der Waals surface area contributed by atoms with Gasteiger partial charge in [-0.15, -0.1) is 0 Å². The second-order valence-corrected chi connectivity index (χ2v) is 4.75. The number of primary amides is 2. The highest BCUT2D eigenvalue weighted by molar-refractivity contribution is 5.92. The molecule has 102 valence electrons. The molecule has 0 aromatic rings. The molecule has 4 nitrogen and oxygen atoms in total. The molecule has 4 heteroatoms. The number of allylic oxidation sites excluding steroid dienone is 2. The number of amides is 2. The first kappa shape index (κ1) is 16.4. The first-order chi connectivity index (χ1) is 8.27. The van der Waals surface area contributed by atoms with Gasteiger partial charge in [0.25, 0.3) is 0 Å². The molecule has 0 aromatic carbocycles. The van der Waals surface area contributed by atoms with Crippen molar-refractivity contribution in [3.05, 3.63) is 22.3 Å². The van der Waals surface area contributed by atoms with Gasteiger partial charge in [0.2, 0.25) is 11.8 Å². The average Bonchev–Trinajstić information content (AvgIpc) is 2.31. The lowest BCUT2D eigenvalue weighted by molar-refractivity contribution is -0.115. The predicted octanol–water partition coefficient (Wildman–Crippen LogP) is 2.19. The minimum absolute atomic E-state index is 0.354. The smallest absolute Gasteiger partial charge is 0.244 e. The summed E-state index contributed by atoms with van der Waals surface area (Å²) in [6.45, 7) is 7.36. The summed E-state index contributed by atoms with van der Waals surface area (Å²) in [5, 5.41) is 0. The number of carbonyl (C=O) groups excluding carboxylic acids is 2. The van der Waals surface area contributed by atoms with Crippen LogP contribution in [0.5, 0.6) is 0 Å². The van der Waals surface area contributed by atoms with Gasteiger partial charge in [0.05, 0.1) is 0 Å². The number of rotatable bonds is 7. The molecular weight excluding hydrogens is 228 g/mol. The van der Waals surface area contributed by atoms with Gasteiger partial charge in [-0.25, -0.2) is 0 Å². The van der Waals surface area contributed by atoms with Crippen molar-refractivity contribution in [3.8, 4) is 0 Å². The molecule has 0 rings (SSSR count). The van der Waals surface area contributed by atoms with Crippen molar-refractivity contribution in [1.82, 2.24) is 0 Å². The number of nitrogens with two attached hydrogens (primary N) is 2. The van der Waals surface area contributed by atoms with E-state index in [-0.39, 0.29) is 11.8 Å². The van der Waals surface area contributed by atoms with Crippen LogP contribution in [0.2, 0.25) is 0 Å². The summed E-state index contributed by atoms with van der Waals surface area (Å²) in [5.41, 5.74) is 13.8. The summed E-state index contributed by atoms with van der Waals surface area (Å²) >= 11 is 0. The molecule has 0 saturated heterocycles. The molecule has 0 aliphatic carbocycles. The second kappa shape index (κ2) is 7.69. The summed E-state index contributed by atoms with van der Waals surface area (Å²) in [4.78, 5) is 21.9. The standard InChI is InChI=1S/C14H24N2O2/c1-9(11(3)13(15)17)7-5-6-8-10(2)12(4)14(16)18/h5-8H2,1-4H3,(H2,15,17)(H2,16,18)/b11-9-,12-10+. The topological polar surface area (TPSA) is 86.2 Å². The van der Waals surface area contributed by atoms with Crippen molar-refractivity contribution in [3.63, 3.8) is 0 Å². The van der Waals surface area contributed by atoms with Crippen LogP contribution in [0.1, 0.15) is 53.4 Å². The maximum atomic E-state index is 11.0. The minimum Gasteiger partial charge on any atom is -0.366 e. The Hall–Kier alpha value is -1.58. The van der Waals surface area contributed by atoms with Gasteiger partial charge < -0.3 is 11.5 Å². The number of hydrogen-bond donors (Lipinski definition) is 2. The molecule has 18 heavy (non-hydrogen) atoms. The summed E-state index contributed by atoms with van der Waals surface area (Å²) < 4.78 is 0. The van der Waals surface area contributed by atoms with Crippen LogP contribution in [-0.2, 0) is 9.59 Å². The molecule has 4 N–H and O–H groups in total. The van der Waals surface area contributed by atoms with Crippen molar-refractivity contribution >= 4 is 11.8 Å². The molecule has 0 unspecified atom stereocenters. The lowest BCUT2D eigenvalue weighted by Gasteiger charge is -2.07. The fourth-order valence-corrected chi connectivity index (χ4v) is 1.58. The number of carbonyl (C=O) groups is 2. The first-order valence-electron chi connectivity index (χ1n) is 6.19. The van der Waals surface area contributed by atoms with E-state index in [9.17, 15) is 9.59 Å². The SMILES string of the molecule is C/C(CCCC/C(C)=C(\C)C(N)=O)=C(\C)C(N)=O. The highest BCUT2D eigenvalue weighted by atomic mass is 16.1. The molecule has 0 aliphatic heterocycles. The zero-order valence-corrected chi connectivity index (χ0v) is 11.8. The highest BCUT2D eigenvalue weighted by Gasteiger charge is 2.05. The fraction of sp³-hybridized carbons (Fsp3) is 0.571. The van der Waals surface area contributed by atoms with E-state index in [1.807, 2.05) is 13.8 Å². The van der Waals surface area contributed by atoms with Crippen LogP contribution in [0.25, 0.3) is 0 Å². The van der Waals surface area contributed by atoms with Crippen molar-refractivity contribution in [2.24, 2.45) is 11.5 Å². The largest absolute Gasteiger partial charge is 0.366 e. The van der Waals surface area contributed by atoms with Crippen LogP contribution >= 0.6 is 0 Å². The molecule has 0 aromatic heterocycles. The Morgan fingerprint density at radius 2 is 1.00 bits per heavy atom. The van der Waals surface area contributed by atoms with E-state index in [2.05, 4.69) is 0 Å². The Balaban J connectivity index is 4.17. The highest BCUT2D eigenvalue weighted by Crippen LogP contribution is 2.16. The van der Waals surface area contributed by atoms with Crippen molar-refractivity contribution in [2.45, 2.75) is 53.4 Å². The Morgan fingerprint density at radius 1 is 0.722 bits per heavy atom. The van der Waals surface area contributed by atoms with Gasteiger partial charge >= 0.3 is 0 Å². The van der Waals surface area contributed by atoms with E-state index in [4.69, 9.17) is 11.5 Å². The first-order valence-corrected chi connectivity index (χ1v) is 6.19. The molecule has 0 spiro atoms. The summed E-state index contributed by atoms with van der Waals surface area (Å²) in [6, 6.07) is 0. The van der Waals surface area contributed by atoms with E-state index >= 15 is 0 Å². The lowest BCUT2D eigenvalue weighted by atomic mass is 10.00. The molecule has 0 fully saturated rings. The third-order valence-electron chi connectivity index (χ3n) is 3.37. The van der Waals surface area contributed by atoms with Crippen LogP contribution in [0.15, 0.2) is 22.3 Å². The Morgan fingerprint density at radius 3 is 1.22 bits per heavy atom. The maximum absolute atomic E-state index is 11.0. The van der Waals surface area contributed by atoms with E-state index in [0.717, 1.165) is 36.8 Å². The van der Waals surface area contributed by atoms with Crippen LogP contribution in [-0.4, -0.2) is 11.8 Å². The van der Waals surface area contributed by atoms with Crippen molar-refractivity contribution in [1.29, 1.82) is 0 Å². The monoisotopic (exact) mass is 252 g/mol. The van der Waals surface area contributed by atoms with Crippen LogP contribution in [0, 0.1) is 0 Å². The Labute approximate surface area is 109 Å². The third-order valence-corrected chi connectivity index (χ3v) is 3.37. The van der Waals surface area contributed by atoms with Gasteiger partial charge in [0.1, 0.15) is 0 Å². The summed E-state index contributed by atoms with van der Waals surface area (Å²) in [7, 11) is 0. The van der Waals surface area contributed by atoms with Gasteiger partial charge in [-0.05, 0) is 53.4 Å². The Bertz CT molecular complexity index is 355. The molecule has 2 amide bonds. The van der Waals surface area contributed by atoms with E-state index in [1.165, 1.54) is 0 Å². The number of unbranched alkanes of at least 4 members (excludes halogenated alkanes) is 1. The average molecular weight is 252 g/mol. The summed E-state index contributed by atoms with van der Waals surface area (Å²) in [5.74, 6) is -0.707. The molecule has 0 radical (unpaired) electrons. The zero-order chi connectivity index (χ0) is 14.3. The molecule has 0 heterocycles. The second-order valence-electron chi connectivity index (χ2n) is 4.75. The van der Waals surface area contributed by atoms with Gasteiger partial charge in [-0.2, -0.15) is 0 Å². The van der Waals surface area contributed by atoms with Crippen molar-refractivity contribution < 1.29 is 9.59 Å². The fourth-order valence-electron chi connectivity index (χ4n) is 1.58. The quantitative estimate of drug-likeness (QED) is 0.537. The van der Waals surface area contributed by atoms with E-state index < -0.39 is 0 Å².